The lowest BCUT2D eigenvalue weighted by molar-refractivity contribution is 1.39. The van der Waals surface area contributed by atoms with E-state index in [-0.39, 0.29) is 0 Å². The number of nitrogens with zero attached hydrogens (tertiary/aromatic N) is 1. The minimum absolute atomic E-state index is 0.938. The van der Waals surface area contributed by atoms with Crippen LogP contribution in [0.3, 0.4) is 0 Å². The molecule has 1 nitrogen and oxygen atoms in total. The van der Waals surface area contributed by atoms with Gasteiger partial charge in [0.2, 0.25) is 0 Å². The Labute approximate surface area is 78.1 Å². The highest BCUT2D eigenvalue weighted by Gasteiger charge is 2.11. The Morgan fingerprint density at radius 2 is 2.08 bits per heavy atom. The van der Waals surface area contributed by atoms with Crippen LogP contribution in [0.2, 0.25) is 0 Å². The average molecular weight is 169 g/mol. The maximum Gasteiger partial charge on any atom is 0.0739 e. The second-order valence-corrected chi connectivity index (χ2v) is 3.00. The van der Waals surface area contributed by atoms with Crippen molar-refractivity contribution in [3.05, 3.63) is 42.0 Å². The zero-order valence-electron chi connectivity index (χ0n) is 7.46. The Bertz CT molecular complexity index is 400. The first-order valence-electron chi connectivity index (χ1n) is 4.30. The fourth-order valence-corrected chi connectivity index (χ4v) is 1.61. The molecule has 1 aromatic carbocycles. The Morgan fingerprint density at radius 3 is 2.77 bits per heavy atom. The Kier molecular flexibility index (Phi) is 1.85. The summed E-state index contributed by atoms with van der Waals surface area (Å²) < 4.78 is 0. The lowest BCUT2D eigenvalue weighted by Crippen LogP contribution is -1.84. The van der Waals surface area contributed by atoms with Crippen molar-refractivity contribution in [2.24, 2.45) is 4.99 Å². The second-order valence-electron chi connectivity index (χ2n) is 3.00. The zero-order chi connectivity index (χ0) is 9.26. The highest BCUT2D eigenvalue weighted by atomic mass is 14.8. The van der Waals surface area contributed by atoms with E-state index < -0.39 is 0 Å². The van der Waals surface area contributed by atoms with Gasteiger partial charge in [0.05, 0.1) is 5.69 Å². The van der Waals surface area contributed by atoms with Crippen LogP contribution in [0.15, 0.2) is 30.3 Å². The highest BCUT2D eigenvalue weighted by molar-refractivity contribution is 5.84. The van der Waals surface area contributed by atoms with E-state index in [1.165, 1.54) is 5.56 Å². The van der Waals surface area contributed by atoms with Gasteiger partial charge in [-0.2, -0.15) is 0 Å². The van der Waals surface area contributed by atoms with Gasteiger partial charge < -0.3 is 0 Å². The Balaban J connectivity index is 2.72. The third kappa shape index (κ3) is 1.13. The van der Waals surface area contributed by atoms with E-state index in [2.05, 4.69) is 30.3 Å². The summed E-state index contributed by atoms with van der Waals surface area (Å²) in [5.41, 5.74) is 4.54. The molecule has 1 aliphatic heterocycles. The van der Waals surface area contributed by atoms with Gasteiger partial charge in [0.1, 0.15) is 0 Å². The summed E-state index contributed by atoms with van der Waals surface area (Å²) >= 11 is 0. The van der Waals surface area contributed by atoms with Crippen LogP contribution in [0, 0.1) is 0 Å². The standard InChI is InChI=1S/C12H11N/c1-3-9-5-6-10-7-8-13-12(10)11(9)4-2/h3-6,8H,1-2,7H2. The quantitative estimate of drug-likeness (QED) is 0.644. The van der Waals surface area contributed by atoms with Crippen LogP contribution < -0.4 is 0 Å². The maximum atomic E-state index is 4.33. The van der Waals surface area contributed by atoms with E-state index in [9.17, 15) is 0 Å². The van der Waals surface area contributed by atoms with E-state index >= 15 is 0 Å². The van der Waals surface area contributed by atoms with Crippen LogP contribution in [0.1, 0.15) is 16.7 Å². The number of hydrogen-bond donors (Lipinski definition) is 0. The van der Waals surface area contributed by atoms with Crippen molar-refractivity contribution in [2.45, 2.75) is 6.42 Å². The molecule has 0 atom stereocenters. The van der Waals surface area contributed by atoms with E-state index in [4.69, 9.17) is 0 Å². The second kappa shape index (κ2) is 3.02. The molecule has 0 spiro atoms. The molecular formula is C12H11N. The largest absolute Gasteiger partial charge is 0.260 e. The van der Waals surface area contributed by atoms with Crippen molar-refractivity contribution >= 4 is 24.1 Å². The molecular weight excluding hydrogens is 158 g/mol. The van der Waals surface area contributed by atoms with Gasteiger partial charge in [-0.05, 0) is 11.1 Å². The molecule has 0 unspecified atom stereocenters. The fraction of sp³-hybridized carbons (Fsp3) is 0.0833. The van der Waals surface area contributed by atoms with Crippen LogP contribution >= 0.6 is 0 Å². The zero-order valence-corrected chi connectivity index (χ0v) is 7.46. The first kappa shape index (κ1) is 7.99. The minimum atomic E-state index is 0.938. The predicted molar refractivity (Wildman–Crippen MR) is 58.5 cm³/mol. The molecule has 2 rings (SSSR count). The molecule has 0 saturated carbocycles. The summed E-state index contributed by atoms with van der Waals surface area (Å²) in [5.74, 6) is 0. The summed E-state index contributed by atoms with van der Waals surface area (Å²) in [5, 5.41) is 0. The van der Waals surface area contributed by atoms with Gasteiger partial charge in [-0.25, -0.2) is 0 Å². The molecule has 0 amide bonds. The molecule has 1 heterocycles. The molecule has 0 saturated heterocycles. The number of aliphatic imine (C=N–C) groups is 1. The predicted octanol–water partition coefficient (Wildman–Crippen LogP) is 3.23. The number of rotatable bonds is 2. The van der Waals surface area contributed by atoms with Gasteiger partial charge in [0.25, 0.3) is 0 Å². The van der Waals surface area contributed by atoms with Crippen molar-refractivity contribution in [2.75, 3.05) is 0 Å². The van der Waals surface area contributed by atoms with Crippen molar-refractivity contribution in [1.82, 2.24) is 0 Å². The minimum Gasteiger partial charge on any atom is -0.260 e. The molecule has 0 aliphatic carbocycles. The topological polar surface area (TPSA) is 12.4 Å². The normalized spacial score (nSPS) is 12.6. The van der Waals surface area contributed by atoms with Crippen LogP contribution in [-0.2, 0) is 6.42 Å². The monoisotopic (exact) mass is 169 g/mol. The number of benzene rings is 1. The molecule has 0 aromatic heterocycles. The van der Waals surface area contributed by atoms with Crippen LogP contribution in [0.25, 0.3) is 12.2 Å². The van der Waals surface area contributed by atoms with Gasteiger partial charge in [0.15, 0.2) is 0 Å². The molecule has 0 fully saturated rings. The molecule has 64 valence electrons. The molecule has 0 radical (unpaired) electrons. The van der Waals surface area contributed by atoms with E-state index in [1.807, 2.05) is 18.4 Å². The van der Waals surface area contributed by atoms with Gasteiger partial charge in [-0.3, -0.25) is 4.99 Å². The van der Waals surface area contributed by atoms with Crippen molar-refractivity contribution in [1.29, 1.82) is 0 Å². The summed E-state index contributed by atoms with van der Waals surface area (Å²) in [7, 11) is 0. The van der Waals surface area contributed by atoms with Crippen LogP contribution in [0.4, 0.5) is 5.69 Å². The summed E-state index contributed by atoms with van der Waals surface area (Å²) in [6.07, 6.45) is 6.56. The van der Waals surface area contributed by atoms with Crippen LogP contribution in [-0.4, -0.2) is 6.21 Å². The van der Waals surface area contributed by atoms with Crippen molar-refractivity contribution < 1.29 is 0 Å². The third-order valence-electron chi connectivity index (χ3n) is 2.29. The van der Waals surface area contributed by atoms with Crippen molar-refractivity contribution in [3.63, 3.8) is 0 Å². The Hall–Kier alpha value is -1.63. The SMILES string of the molecule is C=Cc1ccc2c(c1C=C)N=CC2. The third-order valence-corrected chi connectivity index (χ3v) is 2.29. The first-order valence-corrected chi connectivity index (χ1v) is 4.30. The van der Waals surface area contributed by atoms with Crippen molar-refractivity contribution in [3.8, 4) is 0 Å². The average Bonchev–Trinajstić information content (AvgIpc) is 2.63. The number of hydrogen-bond acceptors (Lipinski definition) is 1. The fourth-order valence-electron chi connectivity index (χ4n) is 1.61. The first-order chi connectivity index (χ1) is 6.36. The summed E-state index contributed by atoms with van der Waals surface area (Å²) in [6, 6.07) is 4.17. The lowest BCUT2D eigenvalue weighted by Gasteiger charge is -2.05. The summed E-state index contributed by atoms with van der Waals surface area (Å²) in [4.78, 5) is 4.33. The maximum absolute atomic E-state index is 4.33. The lowest BCUT2D eigenvalue weighted by atomic mass is 10.0. The molecule has 13 heavy (non-hydrogen) atoms. The molecule has 0 bridgehead atoms. The molecule has 1 heteroatoms. The van der Waals surface area contributed by atoms with Gasteiger partial charge in [-0.15, -0.1) is 0 Å². The Morgan fingerprint density at radius 1 is 1.23 bits per heavy atom. The van der Waals surface area contributed by atoms with Gasteiger partial charge in [-0.1, -0.05) is 37.4 Å². The van der Waals surface area contributed by atoms with E-state index in [0.29, 0.717) is 0 Å². The number of fused-ring (bicyclic) bond motifs is 1. The van der Waals surface area contributed by atoms with Crippen LogP contribution in [0.5, 0.6) is 0 Å². The molecule has 0 N–H and O–H groups in total. The summed E-state index contributed by atoms with van der Waals surface area (Å²) in [6.45, 7) is 7.56. The smallest absolute Gasteiger partial charge is 0.0739 e. The van der Waals surface area contributed by atoms with E-state index in [1.54, 1.807) is 0 Å². The highest BCUT2D eigenvalue weighted by Crippen LogP contribution is 2.32. The van der Waals surface area contributed by atoms with Gasteiger partial charge >= 0.3 is 0 Å². The van der Waals surface area contributed by atoms with E-state index in [0.717, 1.165) is 23.2 Å². The molecule has 1 aromatic rings. The van der Waals surface area contributed by atoms with Gasteiger partial charge in [0, 0.05) is 18.2 Å². The molecule has 1 aliphatic rings.